The van der Waals surface area contributed by atoms with E-state index >= 15 is 0 Å². The number of ether oxygens (including phenoxy) is 2. The first-order valence-electron chi connectivity index (χ1n) is 9.05. The largest absolute Gasteiger partial charge is 0.492 e. The molecule has 0 saturated carbocycles. The molecule has 0 aromatic heterocycles. The van der Waals surface area contributed by atoms with Crippen molar-refractivity contribution in [2.24, 2.45) is 0 Å². The predicted octanol–water partition coefficient (Wildman–Crippen LogP) is 2.18. The Morgan fingerprint density at radius 2 is 1.90 bits per heavy atom. The van der Waals surface area contributed by atoms with Gasteiger partial charge >= 0.3 is 5.97 Å². The molecule has 158 valence electrons. The van der Waals surface area contributed by atoms with E-state index in [1.807, 2.05) is 6.92 Å². The third-order valence-corrected chi connectivity index (χ3v) is 5.24. The van der Waals surface area contributed by atoms with Gasteiger partial charge in [-0.25, -0.2) is 13.2 Å². The minimum Gasteiger partial charge on any atom is -0.492 e. The number of amides is 1. The molecule has 8 nitrogen and oxygen atoms in total. The number of sulfonamides is 1. The fourth-order valence-electron chi connectivity index (χ4n) is 2.38. The first-order valence-corrected chi connectivity index (χ1v) is 10.5. The van der Waals surface area contributed by atoms with Crippen molar-refractivity contribution < 1.29 is 27.5 Å². The van der Waals surface area contributed by atoms with Crippen molar-refractivity contribution >= 4 is 27.6 Å². The molecule has 0 aliphatic heterocycles. The lowest BCUT2D eigenvalue weighted by Crippen LogP contribution is -2.30. The van der Waals surface area contributed by atoms with E-state index < -0.39 is 28.0 Å². The molecule has 0 spiro atoms. The van der Waals surface area contributed by atoms with Crippen LogP contribution in [0, 0.1) is 12.3 Å². The predicted molar refractivity (Wildman–Crippen MR) is 112 cm³/mol. The Labute approximate surface area is 175 Å². The lowest BCUT2D eigenvalue weighted by Gasteiger charge is -2.16. The molecule has 2 aromatic rings. The van der Waals surface area contributed by atoms with Crippen LogP contribution in [0.2, 0.25) is 0 Å². The number of benzene rings is 2. The monoisotopic (exact) mass is 430 g/mol. The topological polar surface area (TPSA) is 111 Å². The number of carbonyl (C=O) groups is 2. The van der Waals surface area contributed by atoms with Crippen molar-refractivity contribution in [3.63, 3.8) is 0 Å². The van der Waals surface area contributed by atoms with E-state index in [0.29, 0.717) is 18.0 Å². The summed E-state index contributed by atoms with van der Waals surface area (Å²) in [7, 11) is -3.87. The number of nitrogens with one attached hydrogen (secondary N) is 2. The van der Waals surface area contributed by atoms with Crippen LogP contribution in [-0.4, -0.2) is 39.5 Å². The number of para-hydroxylation sites is 2. The van der Waals surface area contributed by atoms with Crippen molar-refractivity contribution in [2.45, 2.75) is 24.8 Å². The normalized spacial score (nSPS) is 11.8. The number of hydrogen-bond donors (Lipinski definition) is 2. The fraction of sp³-hybridized carbons (Fsp3) is 0.238. The van der Waals surface area contributed by atoms with Gasteiger partial charge in [0.15, 0.2) is 6.10 Å². The van der Waals surface area contributed by atoms with Gasteiger partial charge < -0.3 is 14.8 Å². The summed E-state index contributed by atoms with van der Waals surface area (Å²) in [4.78, 5) is 24.7. The van der Waals surface area contributed by atoms with Gasteiger partial charge in [-0.3, -0.25) is 4.79 Å². The summed E-state index contributed by atoms with van der Waals surface area (Å²) in [6, 6.07) is 12.1. The molecule has 2 rings (SSSR count). The average Bonchev–Trinajstić information content (AvgIpc) is 2.73. The maximum Gasteiger partial charge on any atom is 0.338 e. The van der Waals surface area contributed by atoms with E-state index in [1.54, 1.807) is 24.3 Å². The zero-order valence-electron chi connectivity index (χ0n) is 16.5. The van der Waals surface area contributed by atoms with Gasteiger partial charge in [0, 0.05) is 0 Å². The van der Waals surface area contributed by atoms with E-state index in [2.05, 4.69) is 16.0 Å². The standard InChI is InChI=1S/C21H22N2O6S/c1-4-13-22-30(26,27)17-10-8-9-16(14-17)21(25)29-15(3)20(24)23-18-11-6-7-12-19(18)28-5-2/h1,6-12,14-15,22H,5,13H2,2-3H3,(H,23,24). The van der Waals surface area contributed by atoms with Crippen LogP contribution in [0.25, 0.3) is 0 Å². The third-order valence-electron chi connectivity index (χ3n) is 3.84. The molecule has 1 atom stereocenters. The fourth-order valence-corrected chi connectivity index (χ4v) is 3.36. The van der Waals surface area contributed by atoms with Gasteiger partial charge in [-0.2, -0.15) is 4.72 Å². The maximum absolute atomic E-state index is 12.4. The van der Waals surface area contributed by atoms with Crippen LogP contribution in [-0.2, 0) is 19.6 Å². The second kappa shape index (κ2) is 10.4. The molecule has 1 amide bonds. The molecule has 0 radical (unpaired) electrons. The van der Waals surface area contributed by atoms with Crippen LogP contribution in [0.5, 0.6) is 5.75 Å². The summed E-state index contributed by atoms with van der Waals surface area (Å²) < 4.78 is 37.1. The van der Waals surface area contributed by atoms with Gasteiger partial charge in [-0.15, -0.1) is 6.42 Å². The maximum atomic E-state index is 12.4. The van der Waals surface area contributed by atoms with Gasteiger partial charge in [-0.05, 0) is 44.2 Å². The van der Waals surface area contributed by atoms with Crippen LogP contribution in [0.3, 0.4) is 0 Å². The molecule has 0 fully saturated rings. The van der Waals surface area contributed by atoms with Gasteiger partial charge in [0.1, 0.15) is 5.75 Å². The van der Waals surface area contributed by atoms with E-state index in [4.69, 9.17) is 15.9 Å². The van der Waals surface area contributed by atoms with Gasteiger partial charge in [0.05, 0.1) is 29.3 Å². The molecular weight excluding hydrogens is 408 g/mol. The second-order valence-electron chi connectivity index (χ2n) is 6.02. The van der Waals surface area contributed by atoms with Crippen LogP contribution in [0.4, 0.5) is 5.69 Å². The Bertz CT molecular complexity index is 1060. The molecular formula is C21H22N2O6S. The Morgan fingerprint density at radius 3 is 2.60 bits per heavy atom. The molecule has 2 N–H and O–H groups in total. The lowest BCUT2D eigenvalue weighted by atomic mass is 10.2. The Hall–Kier alpha value is -3.35. The quantitative estimate of drug-likeness (QED) is 0.466. The summed E-state index contributed by atoms with van der Waals surface area (Å²) in [5, 5.41) is 2.64. The van der Waals surface area contributed by atoms with Crippen molar-refractivity contribution in [3.8, 4) is 18.1 Å². The van der Waals surface area contributed by atoms with Crippen molar-refractivity contribution in [1.29, 1.82) is 0 Å². The van der Waals surface area contributed by atoms with Crippen LogP contribution in [0.1, 0.15) is 24.2 Å². The first-order chi connectivity index (χ1) is 14.3. The molecule has 2 aromatic carbocycles. The number of rotatable bonds is 9. The smallest absolute Gasteiger partial charge is 0.338 e. The summed E-state index contributed by atoms with van der Waals surface area (Å²) in [5.41, 5.74) is 0.424. The van der Waals surface area contributed by atoms with Crippen molar-refractivity contribution in [2.75, 3.05) is 18.5 Å². The molecule has 1 unspecified atom stereocenters. The van der Waals surface area contributed by atoms with E-state index in [0.717, 1.165) is 6.07 Å². The summed E-state index contributed by atoms with van der Waals surface area (Å²) in [5.74, 6) is 1.25. The molecule has 30 heavy (non-hydrogen) atoms. The zero-order valence-corrected chi connectivity index (χ0v) is 17.4. The SMILES string of the molecule is C#CCNS(=O)(=O)c1cccc(C(=O)OC(C)C(=O)Nc2ccccc2OCC)c1. The number of anilines is 1. The number of esters is 1. The van der Waals surface area contributed by atoms with Crippen molar-refractivity contribution in [1.82, 2.24) is 4.72 Å². The second-order valence-corrected chi connectivity index (χ2v) is 7.79. The summed E-state index contributed by atoms with van der Waals surface area (Å²) >= 11 is 0. The molecule has 9 heteroatoms. The minimum absolute atomic E-state index is 0.0204. The molecule has 0 aliphatic rings. The van der Waals surface area contributed by atoms with Crippen molar-refractivity contribution in [3.05, 3.63) is 54.1 Å². The van der Waals surface area contributed by atoms with Crippen LogP contribution < -0.4 is 14.8 Å². The minimum atomic E-state index is -3.87. The number of carbonyl (C=O) groups excluding carboxylic acids is 2. The van der Waals surface area contributed by atoms with E-state index in [9.17, 15) is 18.0 Å². The first kappa shape index (κ1) is 22.9. The molecule has 0 heterocycles. The average molecular weight is 430 g/mol. The van der Waals surface area contributed by atoms with E-state index in [1.165, 1.54) is 25.1 Å². The summed E-state index contributed by atoms with van der Waals surface area (Å²) in [6.45, 7) is 3.47. The van der Waals surface area contributed by atoms with Gasteiger partial charge in [0.2, 0.25) is 10.0 Å². The lowest BCUT2D eigenvalue weighted by molar-refractivity contribution is -0.123. The highest BCUT2D eigenvalue weighted by atomic mass is 32.2. The van der Waals surface area contributed by atoms with Crippen LogP contribution >= 0.6 is 0 Å². The highest BCUT2D eigenvalue weighted by Crippen LogP contribution is 2.24. The number of terminal acetylenes is 1. The van der Waals surface area contributed by atoms with Gasteiger partial charge in [0.25, 0.3) is 5.91 Å². The van der Waals surface area contributed by atoms with Crippen LogP contribution in [0.15, 0.2) is 53.4 Å². The van der Waals surface area contributed by atoms with E-state index in [-0.39, 0.29) is 17.0 Å². The molecule has 0 aliphatic carbocycles. The summed E-state index contributed by atoms with van der Waals surface area (Å²) in [6.07, 6.45) is 3.93. The Kier molecular flexibility index (Phi) is 7.98. The molecule has 0 saturated heterocycles. The van der Waals surface area contributed by atoms with Gasteiger partial charge in [-0.1, -0.05) is 24.1 Å². The third kappa shape index (κ3) is 6.07. The zero-order chi connectivity index (χ0) is 22.1. The Morgan fingerprint density at radius 1 is 1.17 bits per heavy atom. The highest BCUT2D eigenvalue weighted by molar-refractivity contribution is 7.89. The Balaban J connectivity index is 2.08. The number of hydrogen-bond acceptors (Lipinski definition) is 6. The molecule has 0 bridgehead atoms. The highest BCUT2D eigenvalue weighted by Gasteiger charge is 2.22.